The molecule has 0 bridgehead atoms. The summed E-state index contributed by atoms with van der Waals surface area (Å²) in [5.41, 5.74) is 2.14. The zero-order chi connectivity index (χ0) is 20.2. The lowest BCUT2D eigenvalue weighted by atomic mass is 10.1. The van der Waals surface area contributed by atoms with Gasteiger partial charge in [0, 0.05) is 33.3 Å². The van der Waals surface area contributed by atoms with Crippen molar-refractivity contribution >= 4 is 11.8 Å². The van der Waals surface area contributed by atoms with Crippen LogP contribution < -0.4 is 0 Å². The highest BCUT2D eigenvalue weighted by atomic mass is 16.5. The quantitative estimate of drug-likeness (QED) is 0.780. The molecule has 3 heterocycles. The van der Waals surface area contributed by atoms with Crippen LogP contribution in [0.5, 0.6) is 0 Å². The molecule has 1 saturated heterocycles. The molecular formula is C21H26N4O4. The van der Waals surface area contributed by atoms with Crippen molar-refractivity contribution in [3.63, 3.8) is 0 Å². The van der Waals surface area contributed by atoms with Crippen LogP contribution in [0.4, 0.5) is 0 Å². The van der Waals surface area contributed by atoms with Crippen LogP contribution in [0, 0.1) is 0 Å². The third-order valence-corrected chi connectivity index (χ3v) is 5.41. The molecule has 0 radical (unpaired) electrons. The van der Waals surface area contributed by atoms with Crippen LogP contribution in [0.3, 0.4) is 0 Å². The van der Waals surface area contributed by atoms with E-state index in [1.165, 1.54) is 0 Å². The highest BCUT2D eigenvalue weighted by Gasteiger charge is 2.29. The number of morpholine rings is 1. The molecule has 0 saturated carbocycles. The Bertz CT molecular complexity index is 861. The first-order valence-corrected chi connectivity index (χ1v) is 9.97. The first kappa shape index (κ1) is 19.6. The Labute approximate surface area is 170 Å². The minimum atomic E-state index is -0.639. The van der Waals surface area contributed by atoms with Gasteiger partial charge in [-0.25, -0.2) is 0 Å². The normalized spacial score (nSPS) is 18.1. The van der Waals surface area contributed by atoms with Crippen LogP contribution >= 0.6 is 0 Å². The van der Waals surface area contributed by atoms with Crippen molar-refractivity contribution in [2.75, 3.05) is 40.0 Å². The second-order valence-corrected chi connectivity index (χ2v) is 7.29. The maximum absolute atomic E-state index is 13.2. The zero-order valence-electron chi connectivity index (χ0n) is 16.6. The van der Waals surface area contributed by atoms with Crippen LogP contribution in [0.15, 0.2) is 36.4 Å². The summed E-state index contributed by atoms with van der Waals surface area (Å²) < 4.78 is 12.7. The number of nitrogens with zero attached hydrogens (tertiary/aromatic N) is 4. The molecule has 0 aliphatic carbocycles. The summed E-state index contributed by atoms with van der Waals surface area (Å²) in [6.07, 6.45) is 0.136. The van der Waals surface area contributed by atoms with E-state index in [0.29, 0.717) is 51.6 Å². The van der Waals surface area contributed by atoms with E-state index in [4.69, 9.17) is 9.47 Å². The number of fused-ring (bicyclic) bond motifs is 1. The average molecular weight is 398 g/mol. The molecule has 2 aliphatic heterocycles. The predicted octanol–water partition coefficient (Wildman–Crippen LogP) is 1.48. The first-order valence-electron chi connectivity index (χ1n) is 9.97. The molecule has 29 heavy (non-hydrogen) atoms. The zero-order valence-corrected chi connectivity index (χ0v) is 16.6. The molecule has 0 spiro atoms. The van der Waals surface area contributed by atoms with Gasteiger partial charge in [-0.2, -0.15) is 5.10 Å². The van der Waals surface area contributed by atoms with Crippen LogP contribution in [0.1, 0.15) is 34.3 Å². The van der Waals surface area contributed by atoms with Crippen LogP contribution in [-0.4, -0.2) is 71.4 Å². The largest absolute Gasteiger partial charge is 0.378 e. The summed E-state index contributed by atoms with van der Waals surface area (Å²) in [6, 6.07) is 11.3. The molecule has 0 unspecified atom stereocenters. The predicted molar refractivity (Wildman–Crippen MR) is 105 cm³/mol. The minimum absolute atomic E-state index is 0.0746. The van der Waals surface area contributed by atoms with Crippen LogP contribution in [-0.2, 0) is 27.4 Å². The molecule has 154 valence electrons. The maximum Gasteiger partial charge on any atom is 0.274 e. The van der Waals surface area contributed by atoms with Gasteiger partial charge in [-0.05, 0) is 18.1 Å². The van der Waals surface area contributed by atoms with Crippen molar-refractivity contribution in [3.05, 3.63) is 53.3 Å². The number of benzene rings is 1. The van der Waals surface area contributed by atoms with Crippen molar-refractivity contribution < 1.29 is 19.1 Å². The minimum Gasteiger partial charge on any atom is -0.378 e. The molecular weight excluding hydrogens is 372 g/mol. The van der Waals surface area contributed by atoms with Gasteiger partial charge in [-0.15, -0.1) is 0 Å². The number of methoxy groups -OCH3 is 1. The summed E-state index contributed by atoms with van der Waals surface area (Å²) in [5, 5.41) is 4.52. The summed E-state index contributed by atoms with van der Waals surface area (Å²) >= 11 is 0. The second-order valence-electron chi connectivity index (χ2n) is 7.29. The van der Waals surface area contributed by atoms with Gasteiger partial charge in [0.05, 0.1) is 25.5 Å². The number of carbonyl (C=O) groups excluding carboxylic acids is 2. The summed E-state index contributed by atoms with van der Waals surface area (Å²) in [5.74, 6) is -0.153. The Morgan fingerprint density at radius 3 is 2.55 bits per heavy atom. The lowest BCUT2D eigenvalue weighted by Gasteiger charge is -2.26. The van der Waals surface area contributed by atoms with Gasteiger partial charge in [0.25, 0.3) is 11.8 Å². The molecule has 1 aromatic carbocycles. The maximum atomic E-state index is 13.2. The number of hydrogen-bond acceptors (Lipinski definition) is 5. The summed E-state index contributed by atoms with van der Waals surface area (Å²) in [4.78, 5) is 29.5. The molecule has 0 N–H and O–H groups in total. The lowest BCUT2D eigenvalue weighted by Crippen LogP contribution is -2.40. The smallest absolute Gasteiger partial charge is 0.274 e. The molecule has 8 nitrogen and oxygen atoms in total. The van der Waals surface area contributed by atoms with Gasteiger partial charge in [0.1, 0.15) is 0 Å². The molecule has 8 heteroatoms. The molecule has 1 atom stereocenters. The van der Waals surface area contributed by atoms with Crippen molar-refractivity contribution in [2.45, 2.75) is 25.6 Å². The van der Waals surface area contributed by atoms with Gasteiger partial charge in [-0.1, -0.05) is 30.3 Å². The molecule has 4 rings (SSSR count). The molecule has 2 aromatic rings. The Hall–Kier alpha value is -2.71. The topological polar surface area (TPSA) is 76.9 Å². The monoisotopic (exact) mass is 398 g/mol. The van der Waals surface area contributed by atoms with Crippen LogP contribution in [0.25, 0.3) is 0 Å². The Morgan fingerprint density at radius 1 is 1.07 bits per heavy atom. The molecule has 1 fully saturated rings. The lowest BCUT2D eigenvalue weighted by molar-refractivity contribution is -0.143. The summed E-state index contributed by atoms with van der Waals surface area (Å²) in [7, 11) is 1.55. The van der Waals surface area contributed by atoms with Crippen molar-refractivity contribution in [3.8, 4) is 0 Å². The fourth-order valence-corrected chi connectivity index (χ4v) is 3.86. The van der Waals surface area contributed by atoms with E-state index < -0.39 is 6.10 Å². The Kier molecular flexibility index (Phi) is 5.92. The van der Waals surface area contributed by atoms with E-state index in [9.17, 15) is 9.59 Å². The Balaban J connectivity index is 1.51. The van der Waals surface area contributed by atoms with Crippen LogP contribution in [0.2, 0.25) is 0 Å². The Morgan fingerprint density at radius 2 is 1.83 bits per heavy atom. The second kappa shape index (κ2) is 8.75. The van der Waals surface area contributed by atoms with E-state index >= 15 is 0 Å². The third-order valence-electron chi connectivity index (χ3n) is 5.41. The number of rotatable bonds is 4. The first-order chi connectivity index (χ1) is 14.2. The van der Waals surface area contributed by atoms with E-state index in [2.05, 4.69) is 5.10 Å². The van der Waals surface area contributed by atoms with Gasteiger partial charge >= 0.3 is 0 Å². The molecule has 2 amide bonds. The van der Waals surface area contributed by atoms with E-state index in [-0.39, 0.29) is 11.8 Å². The van der Waals surface area contributed by atoms with Gasteiger partial charge < -0.3 is 19.3 Å². The average Bonchev–Trinajstić information content (AvgIpc) is 3.06. The van der Waals surface area contributed by atoms with Crippen molar-refractivity contribution in [1.82, 2.24) is 19.6 Å². The van der Waals surface area contributed by atoms with Gasteiger partial charge in [-0.3, -0.25) is 14.3 Å². The number of hydrogen-bond donors (Lipinski definition) is 0. The fourth-order valence-electron chi connectivity index (χ4n) is 3.86. The number of aromatic nitrogens is 2. The number of amides is 2. The number of aryl methyl sites for hydroxylation is 1. The SMILES string of the molecule is CO[C@@H](C(=O)N1CCCn2nc(C(=O)N3CCOCC3)cc2C1)c1ccccc1. The highest BCUT2D eigenvalue weighted by Crippen LogP contribution is 2.23. The highest BCUT2D eigenvalue weighted by molar-refractivity contribution is 5.92. The van der Waals surface area contributed by atoms with Crippen molar-refractivity contribution in [1.29, 1.82) is 0 Å². The van der Waals surface area contributed by atoms with Crippen molar-refractivity contribution in [2.24, 2.45) is 0 Å². The number of carbonyl (C=O) groups is 2. The van der Waals surface area contributed by atoms with Gasteiger partial charge in [0.15, 0.2) is 11.8 Å². The molecule has 1 aromatic heterocycles. The fraction of sp³-hybridized carbons (Fsp3) is 0.476. The molecule has 2 aliphatic rings. The third kappa shape index (κ3) is 4.18. The number of ether oxygens (including phenoxy) is 2. The van der Waals surface area contributed by atoms with Gasteiger partial charge in [0.2, 0.25) is 0 Å². The van der Waals surface area contributed by atoms with E-state index in [0.717, 1.165) is 17.7 Å². The van der Waals surface area contributed by atoms with E-state index in [1.807, 2.05) is 41.1 Å². The summed E-state index contributed by atoms with van der Waals surface area (Å²) in [6.45, 7) is 3.99. The van der Waals surface area contributed by atoms with E-state index in [1.54, 1.807) is 16.9 Å². The standard InChI is InChI=1S/C21H26N4O4/c1-28-19(16-6-3-2-4-7-16)21(27)24-8-5-9-25-17(15-24)14-18(22-25)20(26)23-10-12-29-13-11-23/h2-4,6-7,14,19H,5,8-13,15H2,1H3/t19-/m1/s1.